The predicted octanol–water partition coefficient (Wildman–Crippen LogP) is 6.37. The number of hydrogen-bond donors (Lipinski definition) is 0. The van der Waals surface area contributed by atoms with Crippen LogP contribution in [0.2, 0.25) is 0 Å². The van der Waals surface area contributed by atoms with Crippen LogP contribution in [0.15, 0.2) is 47.6 Å². The minimum Gasteiger partial charge on any atom is -0.225 e. The quantitative estimate of drug-likeness (QED) is 0.515. The van der Waals surface area contributed by atoms with Gasteiger partial charge in [-0.25, -0.2) is 4.39 Å². The van der Waals surface area contributed by atoms with Gasteiger partial charge in [0.1, 0.15) is 0 Å². The molecule has 1 aromatic carbocycles. The van der Waals surface area contributed by atoms with Gasteiger partial charge in [-0.2, -0.15) is 40.4 Å². The average molecular weight is 426 g/mol. The first-order chi connectivity index (χ1) is 13.0. The molecule has 0 saturated carbocycles. The first kappa shape index (κ1) is 22.8. The Labute approximate surface area is 160 Å². The van der Waals surface area contributed by atoms with E-state index >= 15 is 4.39 Å². The van der Waals surface area contributed by atoms with Gasteiger partial charge in [0.25, 0.3) is 5.67 Å². The van der Waals surface area contributed by atoms with Crippen molar-refractivity contribution < 1.29 is 39.5 Å². The Morgan fingerprint density at radius 3 is 1.69 bits per heavy atom. The van der Waals surface area contributed by atoms with Crippen LogP contribution in [0.5, 0.6) is 0 Å². The number of benzene rings is 1. The van der Waals surface area contributed by atoms with Crippen molar-refractivity contribution in [2.24, 2.45) is 0 Å². The SMILES string of the molecule is CC1=CC(c2ccccc2C#N)(C(F)(C(F)(F)F)C(F)(F)C(F)(F)F)C=C(C)[CH]1. The zero-order chi connectivity index (χ0) is 22.5. The fourth-order valence-electron chi connectivity index (χ4n) is 3.55. The van der Waals surface area contributed by atoms with Gasteiger partial charge in [-0.05, 0) is 25.5 Å². The first-order valence-corrected chi connectivity index (χ1v) is 7.98. The number of hydrogen-bond acceptors (Lipinski definition) is 1. The highest BCUT2D eigenvalue weighted by molar-refractivity contribution is 5.57. The molecule has 1 aromatic rings. The Balaban J connectivity index is 3.13. The molecule has 0 saturated heterocycles. The Kier molecular flexibility index (Phi) is 5.37. The van der Waals surface area contributed by atoms with Crippen LogP contribution >= 0.6 is 0 Å². The Hall–Kier alpha value is -2.44. The summed E-state index contributed by atoms with van der Waals surface area (Å²) in [4.78, 5) is 0. The second kappa shape index (κ2) is 6.82. The van der Waals surface area contributed by atoms with Gasteiger partial charge in [0.05, 0.1) is 17.0 Å². The fourth-order valence-corrected chi connectivity index (χ4v) is 3.55. The molecule has 1 unspecified atom stereocenters. The van der Waals surface area contributed by atoms with Crippen LogP contribution in [0.25, 0.3) is 0 Å². The molecule has 10 heteroatoms. The van der Waals surface area contributed by atoms with E-state index in [-0.39, 0.29) is 11.1 Å². The molecule has 1 radical (unpaired) electrons. The van der Waals surface area contributed by atoms with E-state index < -0.39 is 40.5 Å². The number of nitriles is 1. The molecule has 1 nitrogen and oxygen atoms in total. The number of nitrogens with zero attached hydrogens (tertiary/aromatic N) is 1. The third-order valence-electron chi connectivity index (χ3n) is 4.61. The van der Waals surface area contributed by atoms with Crippen molar-refractivity contribution in [1.82, 2.24) is 0 Å². The maximum absolute atomic E-state index is 15.7. The third kappa shape index (κ3) is 3.20. The highest BCUT2D eigenvalue weighted by atomic mass is 19.4. The zero-order valence-corrected chi connectivity index (χ0v) is 14.9. The Morgan fingerprint density at radius 2 is 1.28 bits per heavy atom. The van der Waals surface area contributed by atoms with Crippen LogP contribution in [-0.2, 0) is 5.41 Å². The van der Waals surface area contributed by atoms with Crippen LogP contribution in [0.3, 0.4) is 0 Å². The van der Waals surface area contributed by atoms with Gasteiger partial charge < -0.3 is 0 Å². The largest absolute Gasteiger partial charge is 0.457 e. The van der Waals surface area contributed by atoms with Gasteiger partial charge in [-0.15, -0.1) is 0 Å². The molecule has 0 aliphatic heterocycles. The lowest BCUT2D eigenvalue weighted by molar-refractivity contribution is -0.392. The maximum Gasteiger partial charge on any atom is 0.457 e. The van der Waals surface area contributed by atoms with Crippen molar-refractivity contribution in [2.45, 2.75) is 43.2 Å². The highest BCUT2D eigenvalue weighted by Gasteiger charge is 2.87. The molecule has 1 aliphatic carbocycles. The molecule has 0 heterocycles. The summed E-state index contributed by atoms with van der Waals surface area (Å²) in [7, 11) is 0. The summed E-state index contributed by atoms with van der Waals surface area (Å²) in [6.45, 7) is 2.26. The van der Waals surface area contributed by atoms with Crippen molar-refractivity contribution >= 4 is 0 Å². The molecule has 2 rings (SSSR count). The normalized spacial score (nSPS) is 19.7. The summed E-state index contributed by atoms with van der Waals surface area (Å²) >= 11 is 0. The smallest absolute Gasteiger partial charge is 0.225 e. The van der Waals surface area contributed by atoms with Crippen LogP contribution in [0, 0.1) is 17.8 Å². The Morgan fingerprint density at radius 1 is 0.793 bits per heavy atom. The van der Waals surface area contributed by atoms with Crippen LogP contribution < -0.4 is 0 Å². The van der Waals surface area contributed by atoms with E-state index in [0.717, 1.165) is 38.1 Å². The number of halogens is 9. The number of rotatable bonds is 3. The van der Waals surface area contributed by atoms with E-state index in [1.807, 2.05) is 0 Å². The number of alkyl halides is 9. The molecule has 0 spiro atoms. The lowest BCUT2D eigenvalue weighted by Gasteiger charge is -2.48. The van der Waals surface area contributed by atoms with E-state index in [1.54, 1.807) is 0 Å². The highest BCUT2D eigenvalue weighted by Crippen LogP contribution is 2.63. The number of allylic oxidation sites excluding steroid dienone is 4. The molecular weight excluding hydrogens is 413 g/mol. The van der Waals surface area contributed by atoms with E-state index in [0.29, 0.717) is 12.2 Å². The second-order valence-corrected chi connectivity index (χ2v) is 6.68. The minimum absolute atomic E-state index is 0.179. The summed E-state index contributed by atoms with van der Waals surface area (Å²) in [5, 5.41) is 9.21. The van der Waals surface area contributed by atoms with Crippen LogP contribution in [0.4, 0.5) is 39.5 Å². The molecule has 0 fully saturated rings. The van der Waals surface area contributed by atoms with E-state index in [1.165, 1.54) is 12.5 Å². The lowest BCUT2D eigenvalue weighted by atomic mass is 9.60. The van der Waals surface area contributed by atoms with Crippen molar-refractivity contribution in [1.29, 1.82) is 5.26 Å². The topological polar surface area (TPSA) is 23.8 Å². The van der Waals surface area contributed by atoms with Gasteiger partial charge in [0.2, 0.25) is 0 Å². The lowest BCUT2D eigenvalue weighted by Crippen LogP contribution is -2.71. The average Bonchev–Trinajstić information content (AvgIpc) is 2.57. The second-order valence-electron chi connectivity index (χ2n) is 6.68. The maximum atomic E-state index is 15.7. The molecule has 29 heavy (non-hydrogen) atoms. The van der Waals surface area contributed by atoms with Crippen molar-refractivity contribution in [3.63, 3.8) is 0 Å². The zero-order valence-electron chi connectivity index (χ0n) is 14.9. The van der Waals surface area contributed by atoms with E-state index in [9.17, 15) is 40.4 Å². The molecule has 1 atom stereocenters. The molecular formula is C19H13F9N. The van der Waals surface area contributed by atoms with Crippen molar-refractivity contribution in [3.05, 3.63) is 65.1 Å². The molecule has 0 N–H and O–H groups in total. The molecule has 0 bridgehead atoms. The summed E-state index contributed by atoms with van der Waals surface area (Å²) in [6, 6.07) is 5.24. The monoisotopic (exact) mass is 426 g/mol. The Bertz CT molecular complexity index is 881. The first-order valence-electron chi connectivity index (χ1n) is 7.98. The van der Waals surface area contributed by atoms with Gasteiger partial charge >= 0.3 is 18.3 Å². The molecule has 1 aliphatic rings. The summed E-state index contributed by atoms with van der Waals surface area (Å²) in [5.41, 5.74) is -11.8. The fraction of sp³-hybridized carbons (Fsp3) is 0.368. The standard InChI is InChI=1S/C19H13F9N/c1-11-7-12(2)9-15(8-11,14-6-4-3-5-13(14)10-29)16(20,18(23,24)25)17(21,22)19(26,27)28/h3-9H,1-2H3. The van der Waals surface area contributed by atoms with Crippen molar-refractivity contribution in [2.75, 3.05) is 0 Å². The van der Waals surface area contributed by atoms with Crippen molar-refractivity contribution in [3.8, 4) is 6.07 Å². The third-order valence-corrected chi connectivity index (χ3v) is 4.61. The summed E-state index contributed by atoms with van der Waals surface area (Å²) in [6.07, 6.45) is -11.6. The van der Waals surface area contributed by atoms with E-state index in [4.69, 9.17) is 0 Å². The van der Waals surface area contributed by atoms with Gasteiger partial charge in [-0.3, -0.25) is 0 Å². The van der Waals surface area contributed by atoms with Gasteiger partial charge in [0.15, 0.2) is 0 Å². The summed E-state index contributed by atoms with van der Waals surface area (Å²) in [5.74, 6) is -6.84. The van der Waals surface area contributed by atoms with Crippen LogP contribution in [-0.4, -0.2) is 23.9 Å². The van der Waals surface area contributed by atoms with Gasteiger partial charge in [0, 0.05) is 6.42 Å². The molecule has 0 amide bonds. The predicted molar refractivity (Wildman–Crippen MR) is 85.5 cm³/mol. The molecule has 0 aromatic heterocycles. The summed E-state index contributed by atoms with van der Waals surface area (Å²) < 4.78 is 125. The molecule has 157 valence electrons. The minimum atomic E-state index is -6.86. The van der Waals surface area contributed by atoms with Gasteiger partial charge in [-0.1, -0.05) is 41.5 Å². The van der Waals surface area contributed by atoms with E-state index in [2.05, 4.69) is 0 Å². The van der Waals surface area contributed by atoms with Crippen LogP contribution in [0.1, 0.15) is 25.0 Å².